The van der Waals surface area contributed by atoms with E-state index in [9.17, 15) is 18.5 Å². The summed E-state index contributed by atoms with van der Waals surface area (Å²) in [4.78, 5) is 10.6. The van der Waals surface area contributed by atoms with E-state index < -0.39 is 14.8 Å². The number of nitrogens with one attached hydrogen (secondary N) is 1. The molecular weight excluding hydrogens is 312 g/mol. The van der Waals surface area contributed by atoms with E-state index >= 15 is 0 Å². The second-order valence-corrected chi connectivity index (χ2v) is 8.59. The molecule has 0 spiro atoms. The Balaban J connectivity index is 2.25. The van der Waals surface area contributed by atoms with Gasteiger partial charge < -0.3 is 5.32 Å². The van der Waals surface area contributed by atoms with Gasteiger partial charge in [0, 0.05) is 23.6 Å². The van der Waals surface area contributed by atoms with Crippen LogP contribution in [0.5, 0.6) is 0 Å². The Bertz CT molecular complexity index is 649. The number of nitrogens with zero attached hydrogens (tertiary/aromatic N) is 1. The van der Waals surface area contributed by atoms with Crippen LogP contribution in [0.3, 0.4) is 0 Å². The number of anilines is 1. The molecule has 0 amide bonds. The first-order valence-electron chi connectivity index (χ1n) is 6.55. The lowest BCUT2D eigenvalue weighted by Crippen LogP contribution is -2.40. The van der Waals surface area contributed by atoms with Crippen LogP contribution in [0.2, 0.25) is 0 Å². The molecule has 1 N–H and O–H groups in total. The smallest absolute Gasteiger partial charge is 0.293 e. The molecule has 0 saturated heterocycles. The molecule has 0 atom stereocenters. The van der Waals surface area contributed by atoms with Crippen molar-refractivity contribution in [1.82, 2.24) is 0 Å². The van der Waals surface area contributed by atoms with E-state index in [0.29, 0.717) is 12.2 Å². The van der Waals surface area contributed by atoms with Gasteiger partial charge in [-0.2, -0.15) is 11.8 Å². The fourth-order valence-corrected chi connectivity index (χ4v) is 3.88. The second kappa shape index (κ2) is 5.84. The van der Waals surface area contributed by atoms with Crippen molar-refractivity contribution in [2.45, 2.75) is 28.9 Å². The summed E-state index contributed by atoms with van der Waals surface area (Å²) >= 11 is 1.77. The van der Waals surface area contributed by atoms with Crippen LogP contribution in [0.15, 0.2) is 23.1 Å². The summed E-state index contributed by atoms with van der Waals surface area (Å²) < 4.78 is 23.1. The SMILES string of the molecule is CSC1(CNc2ccc(S(C)(=O)=O)cc2[N+](=O)[O-])CCC1. The summed E-state index contributed by atoms with van der Waals surface area (Å²) in [7, 11) is -3.45. The van der Waals surface area contributed by atoms with Crippen molar-refractivity contribution < 1.29 is 13.3 Å². The fourth-order valence-electron chi connectivity index (χ4n) is 2.32. The molecule has 0 heterocycles. The largest absolute Gasteiger partial charge is 0.378 e. The maximum atomic E-state index is 11.5. The Kier molecular flexibility index (Phi) is 4.48. The average molecular weight is 330 g/mol. The molecule has 1 fully saturated rings. The fraction of sp³-hybridized carbons (Fsp3) is 0.538. The van der Waals surface area contributed by atoms with E-state index in [1.807, 2.05) is 6.26 Å². The summed E-state index contributed by atoms with van der Waals surface area (Å²) in [6, 6.07) is 3.99. The van der Waals surface area contributed by atoms with Crippen LogP contribution >= 0.6 is 11.8 Å². The number of thioether (sulfide) groups is 1. The van der Waals surface area contributed by atoms with Crippen molar-refractivity contribution in [2.75, 3.05) is 24.4 Å². The molecule has 1 saturated carbocycles. The third-order valence-electron chi connectivity index (χ3n) is 3.89. The highest BCUT2D eigenvalue weighted by Gasteiger charge is 2.36. The Morgan fingerprint density at radius 2 is 2.10 bits per heavy atom. The summed E-state index contributed by atoms with van der Waals surface area (Å²) in [6.07, 6.45) is 6.45. The number of nitro groups is 1. The molecule has 2 rings (SSSR count). The van der Waals surface area contributed by atoms with E-state index in [-0.39, 0.29) is 15.3 Å². The lowest BCUT2D eigenvalue weighted by atomic mass is 9.84. The van der Waals surface area contributed by atoms with E-state index in [0.717, 1.165) is 25.2 Å². The van der Waals surface area contributed by atoms with Crippen LogP contribution in [0.25, 0.3) is 0 Å². The van der Waals surface area contributed by atoms with Crippen LogP contribution in [-0.4, -0.2) is 37.1 Å². The van der Waals surface area contributed by atoms with Gasteiger partial charge in [-0.1, -0.05) is 6.42 Å². The lowest BCUT2D eigenvalue weighted by molar-refractivity contribution is -0.384. The number of benzene rings is 1. The first-order chi connectivity index (χ1) is 9.77. The average Bonchev–Trinajstić information content (AvgIpc) is 2.36. The van der Waals surface area contributed by atoms with Crippen LogP contribution in [-0.2, 0) is 9.84 Å². The highest BCUT2D eigenvalue weighted by Crippen LogP contribution is 2.43. The molecule has 0 radical (unpaired) electrons. The minimum absolute atomic E-state index is 0.0389. The first-order valence-corrected chi connectivity index (χ1v) is 9.67. The van der Waals surface area contributed by atoms with Crippen LogP contribution in [0.1, 0.15) is 19.3 Å². The zero-order valence-electron chi connectivity index (χ0n) is 12.0. The lowest BCUT2D eigenvalue weighted by Gasteiger charge is -2.40. The molecule has 116 valence electrons. The molecule has 0 bridgehead atoms. The summed E-state index contributed by atoms with van der Waals surface area (Å²) in [6.45, 7) is 0.646. The standard InChI is InChI=1S/C13H18N2O4S2/c1-20-13(6-3-7-13)9-14-11-5-4-10(21(2,18)19)8-12(11)15(16)17/h4-5,8,14H,3,6-7,9H2,1-2H3. The maximum absolute atomic E-state index is 11.5. The Hall–Kier alpha value is -1.28. The van der Waals surface area contributed by atoms with Gasteiger partial charge in [-0.3, -0.25) is 10.1 Å². The maximum Gasteiger partial charge on any atom is 0.293 e. The van der Waals surface area contributed by atoms with Crippen molar-refractivity contribution in [1.29, 1.82) is 0 Å². The van der Waals surface area contributed by atoms with Crippen molar-refractivity contribution in [3.8, 4) is 0 Å². The molecule has 0 aromatic heterocycles. The minimum Gasteiger partial charge on any atom is -0.378 e. The Morgan fingerprint density at radius 1 is 1.43 bits per heavy atom. The summed E-state index contributed by atoms with van der Waals surface area (Å²) in [5.74, 6) is 0. The molecule has 0 unspecified atom stereocenters. The second-order valence-electron chi connectivity index (χ2n) is 5.30. The monoisotopic (exact) mass is 330 g/mol. The molecular formula is C13H18N2O4S2. The number of sulfone groups is 1. The van der Waals surface area contributed by atoms with Gasteiger partial charge in [0.05, 0.1) is 9.82 Å². The topological polar surface area (TPSA) is 89.3 Å². The van der Waals surface area contributed by atoms with Gasteiger partial charge in [0.15, 0.2) is 9.84 Å². The van der Waals surface area contributed by atoms with Crippen molar-refractivity contribution in [3.05, 3.63) is 28.3 Å². The predicted molar refractivity (Wildman–Crippen MR) is 84.8 cm³/mol. The van der Waals surface area contributed by atoms with Gasteiger partial charge in [0.25, 0.3) is 5.69 Å². The predicted octanol–water partition coefficient (Wildman–Crippen LogP) is 2.70. The zero-order valence-corrected chi connectivity index (χ0v) is 13.6. The third-order valence-corrected chi connectivity index (χ3v) is 6.42. The van der Waals surface area contributed by atoms with Crippen molar-refractivity contribution >= 4 is 33.0 Å². The number of hydrogen-bond donors (Lipinski definition) is 1. The molecule has 1 aromatic carbocycles. The Labute approximate surface area is 128 Å². The van der Waals surface area contributed by atoms with E-state index in [4.69, 9.17) is 0 Å². The molecule has 1 aromatic rings. The molecule has 8 heteroatoms. The van der Waals surface area contributed by atoms with Gasteiger partial charge >= 0.3 is 0 Å². The van der Waals surface area contributed by atoms with Gasteiger partial charge in [-0.15, -0.1) is 0 Å². The normalized spacial score (nSPS) is 17.0. The quantitative estimate of drug-likeness (QED) is 0.637. The molecule has 1 aliphatic carbocycles. The number of rotatable bonds is 6. The zero-order chi connectivity index (χ0) is 15.7. The van der Waals surface area contributed by atoms with Crippen molar-refractivity contribution in [2.24, 2.45) is 0 Å². The highest BCUT2D eigenvalue weighted by molar-refractivity contribution is 8.00. The number of nitro benzene ring substituents is 1. The van der Waals surface area contributed by atoms with Crippen molar-refractivity contribution in [3.63, 3.8) is 0 Å². The van der Waals surface area contributed by atoms with Crippen LogP contribution < -0.4 is 5.32 Å². The minimum atomic E-state index is -3.45. The molecule has 1 aliphatic rings. The highest BCUT2D eigenvalue weighted by atomic mass is 32.2. The van der Waals surface area contributed by atoms with E-state index in [1.165, 1.54) is 18.6 Å². The molecule has 0 aliphatic heterocycles. The van der Waals surface area contributed by atoms with Crippen LogP contribution in [0, 0.1) is 10.1 Å². The molecule has 21 heavy (non-hydrogen) atoms. The van der Waals surface area contributed by atoms with Gasteiger partial charge in [0.2, 0.25) is 0 Å². The van der Waals surface area contributed by atoms with Gasteiger partial charge in [-0.05, 0) is 31.2 Å². The van der Waals surface area contributed by atoms with Gasteiger partial charge in [-0.25, -0.2) is 8.42 Å². The van der Waals surface area contributed by atoms with E-state index in [1.54, 1.807) is 11.8 Å². The van der Waals surface area contributed by atoms with Gasteiger partial charge in [0.1, 0.15) is 5.69 Å². The summed E-state index contributed by atoms with van der Waals surface area (Å²) in [5, 5.41) is 14.3. The van der Waals surface area contributed by atoms with E-state index in [2.05, 4.69) is 5.32 Å². The number of hydrogen-bond acceptors (Lipinski definition) is 6. The first kappa shape index (κ1) is 16.1. The summed E-state index contributed by atoms with van der Waals surface area (Å²) in [5.41, 5.74) is 0.168. The Morgan fingerprint density at radius 3 is 2.52 bits per heavy atom. The van der Waals surface area contributed by atoms with Crippen LogP contribution in [0.4, 0.5) is 11.4 Å². The third kappa shape index (κ3) is 3.49. The molecule has 6 nitrogen and oxygen atoms in total.